The topological polar surface area (TPSA) is 47.0 Å². The van der Waals surface area contributed by atoms with Crippen LogP contribution in [0.4, 0.5) is 5.95 Å². The zero-order chi connectivity index (χ0) is 13.2. The number of aromatic nitrogens is 2. The fourth-order valence-corrected chi connectivity index (χ4v) is 2.48. The van der Waals surface area contributed by atoms with Crippen LogP contribution in [0.3, 0.4) is 0 Å². The van der Waals surface area contributed by atoms with Crippen LogP contribution in [0.1, 0.15) is 32.4 Å². The van der Waals surface area contributed by atoms with Crippen LogP contribution in [0.25, 0.3) is 0 Å². The lowest BCUT2D eigenvalue weighted by molar-refractivity contribution is 0.232. The maximum Gasteiger partial charge on any atom is 0.226 e. The molecule has 1 N–H and O–H groups in total. The molecule has 0 spiro atoms. The van der Waals surface area contributed by atoms with Crippen LogP contribution in [0.15, 0.2) is 6.07 Å². The number of anilines is 1. The van der Waals surface area contributed by atoms with Gasteiger partial charge in [0.05, 0.1) is 6.10 Å². The Kier molecular flexibility index (Phi) is 4.00. The highest BCUT2D eigenvalue weighted by Crippen LogP contribution is 2.46. The molecule has 0 bridgehead atoms. The van der Waals surface area contributed by atoms with Gasteiger partial charge in [0.2, 0.25) is 11.8 Å². The van der Waals surface area contributed by atoms with Crippen molar-refractivity contribution in [1.82, 2.24) is 9.97 Å². The largest absolute Gasteiger partial charge is 0.475 e. The van der Waals surface area contributed by atoms with E-state index in [1.807, 2.05) is 38.6 Å². The van der Waals surface area contributed by atoms with Crippen LogP contribution < -0.4 is 10.1 Å². The molecule has 0 saturated heterocycles. The summed E-state index contributed by atoms with van der Waals surface area (Å²) in [5.41, 5.74) is 0.928. The highest BCUT2D eigenvalue weighted by atomic mass is 32.2. The molecule has 0 unspecified atom stereocenters. The lowest BCUT2D eigenvalue weighted by Crippen LogP contribution is -2.19. The molecule has 0 amide bonds. The van der Waals surface area contributed by atoms with E-state index in [2.05, 4.69) is 21.5 Å². The van der Waals surface area contributed by atoms with Gasteiger partial charge >= 0.3 is 0 Å². The Hall–Kier alpha value is -0.970. The molecule has 100 valence electrons. The van der Waals surface area contributed by atoms with E-state index >= 15 is 0 Å². The van der Waals surface area contributed by atoms with Gasteiger partial charge in [-0.3, -0.25) is 0 Å². The second-order valence-corrected chi connectivity index (χ2v) is 6.35. The fourth-order valence-electron chi connectivity index (χ4n) is 1.75. The zero-order valence-corrected chi connectivity index (χ0v) is 12.3. The van der Waals surface area contributed by atoms with Gasteiger partial charge in [0.1, 0.15) is 0 Å². The van der Waals surface area contributed by atoms with Crippen molar-refractivity contribution >= 4 is 17.7 Å². The van der Waals surface area contributed by atoms with E-state index in [-0.39, 0.29) is 6.10 Å². The Morgan fingerprint density at radius 2 is 2.17 bits per heavy atom. The first kappa shape index (κ1) is 13.5. The third kappa shape index (κ3) is 3.51. The van der Waals surface area contributed by atoms with Crippen LogP contribution in [0, 0.1) is 6.92 Å². The Bertz CT molecular complexity index is 419. The molecule has 1 aromatic heterocycles. The van der Waals surface area contributed by atoms with Crippen molar-refractivity contribution < 1.29 is 4.74 Å². The lowest BCUT2D eigenvalue weighted by Gasteiger charge is -2.14. The van der Waals surface area contributed by atoms with Crippen LogP contribution in [0.2, 0.25) is 0 Å². The Balaban J connectivity index is 2.01. The van der Waals surface area contributed by atoms with Gasteiger partial charge in [-0.05, 0) is 39.9 Å². The van der Waals surface area contributed by atoms with E-state index in [1.54, 1.807) is 0 Å². The lowest BCUT2D eigenvalue weighted by atomic mass is 10.4. The smallest absolute Gasteiger partial charge is 0.226 e. The van der Waals surface area contributed by atoms with Crippen LogP contribution >= 0.6 is 11.8 Å². The summed E-state index contributed by atoms with van der Waals surface area (Å²) < 4.78 is 6.02. The first-order valence-corrected chi connectivity index (χ1v) is 7.57. The summed E-state index contributed by atoms with van der Waals surface area (Å²) in [5.74, 6) is 1.32. The normalized spacial score (nSPS) is 16.7. The first-order chi connectivity index (χ1) is 8.53. The minimum Gasteiger partial charge on any atom is -0.475 e. The molecule has 0 aliphatic heterocycles. The monoisotopic (exact) mass is 267 g/mol. The predicted molar refractivity (Wildman–Crippen MR) is 76.5 cm³/mol. The quantitative estimate of drug-likeness (QED) is 0.858. The molecule has 1 heterocycles. The number of hydrogen-bond acceptors (Lipinski definition) is 5. The Morgan fingerprint density at radius 3 is 2.72 bits per heavy atom. The third-order valence-electron chi connectivity index (χ3n) is 3.00. The van der Waals surface area contributed by atoms with Gasteiger partial charge in [-0.15, -0.1) is 0 Å². The number of aryl methyl sites for hydroxylation is 1. The summed E-state index contributed by atoms with van der Waals surface area (Å²) >= 11 is 1.93. The van der Waals surface area contributed by atoms with Gasteiger partial charge in [0.15, 0.2) is 0 Å². The minimum atomic E-state index is 0.133. The van der Waals surface area contributed by atoms with Crippen molar-refractivity contribution in [3.05, 3.63) is 11.8 Å². The van der Waals surface area contributed by atoms with Crippen molar-refractivity contribution in [3.63, 3.8) is 0 Å². The number of hydrogen-bond donors (Lipinski definition) is 1. The van der Waals surface area contributed by atoms with E-state index in [1.165, 1.54) is 12.8 Å². The average molecular weight is 267 g/mol. The summed E-state index contributed by atoms with van der Waals surface area (Å²) in [5, 5.41) is 3.33. The summed E-state index contributed by atoms with van der Waals surface area (Å²) in [7, 11) is 0. The third-order valence-corrected chi connectivity index (χ3v) is 4.42. The molecule has 1 saturated carbocycles. The Labute approximate surface area is 113 Å². The highest BCUT2D eigenvalue weighted by Gasteiger charge is 2.41. The number of ether oxygens (including phenoxy) is 1. The summed E-state index contributed by atoms with van der Waals surface area (Å²) in [6, 6.07) is 1.87. The number of nitrogens with one attached hydrogen (secondary N) is 1. The fraction of sp³-hybridized carbons (Fsp3) is 0.692. The van der Waals surface area contributed by atoms with Crippen molar-refractivity contribution in [1.29, 1.82) is 0 Å². The van der Waals surface area contributed by atoms with Crippen LogP contribution in [-0.2, 0) is 0 Å². The number of thioether (sulfide) groups is 1. The van der Waals surface area contributed by atoms with Crippen LogP contribution in [-0.4, -0.2) is 33.6 Å². The van der Waals surface area contributed by atoms with Crippen molar-refractivity contribution in [2.45, 2.75) is 44.5 Å². The second kappa shape index (κ2) is 5.34. The van der Waals surface area contributed by atoms with E-state index in [4.69, 9.17) is 4.74 Å². The van der Waals surface area contributed by atoms with Gasteiger partial charge in [0.25, 0.3) is 0 Å². The SMILES string of the molecule is CSC1(CNc2nc(C)cc(OC(C)C)n2)CC1. The van der Waals surface area contributed by atoms with E-state index in [0.717, 1.165) is 12.2 Å². The molecule has 4 nitrogen and oxygen atoms in total. The maximum absolute atomic E-state index is 5.61. The van der Waals surface area contributed by atoms with Gasteiger partial charge in [0, 0.05) is 23.1 Å². The van der Waals surface area contributed by atoms with E-state index in [9.17, 15) is 0 Å². The molecule has 0 aromatic carbocycles. The second-order valence-electron chi connectivity index (χ2n) is 5.08. The number of rotatable bonds is 6. The first-order valence-electron chi connectivity index (χ1n) is 6.34. The summed E-state index contributed by atoms with van der Waals surface area (Å²) in [4.78, 5) is 8.78. The predicted octanol–water partition coefficient (Wildman–Crippen LogP) is 2.88. The molecule has 1 aliphatic carbocycles. The minimum absolute atomic E-state index is 0.133. The Morgan fingerprint density at radius 1 is 1.44 bits per heavy atom. The molecular weight excluding hydrogens is 246 g/mol. The molecule has 18 heavy (non-hydrogen) atoms. The van der Waals surface area contributed by atoms with Gasteiger partial charge in [-0.2, -0.15) is 16.7 Å². The standard InChI is InChI=1S/C13H21N3OS/c1-9(2)17-11-7-10(3)15-12(16-11)14-8-13(18-4)5-6-13/h7,9H,5-6,8H2,1-4H3,(H,14,15,16). The summed E-state index contributed by atoms with van der Waals surface area (Å²) in [6.45, 7) is 6.88. The molecule has 0 radical (unpaired) electrons. The molecule has 1 aromatic rings. The van der Waals surface area contributed by atoms with Crippen molar-refractivity contribution in [2.24, 2.45) is 0 Å². The number of nitrogens with zero attached hydrogens (tertiary/aromatic N) is 2. The van der Waals surface area contributed by atoms with Crippen molar-refractivity contribution in [3.8, 4) is 5.88 Å². The van der Waals surface area contributed by atoms with E-state index in [0.29, 0.717) is 16.6 Å². The van der Waals surface area contributed by atoms with E-state index < -0.39 is 0 Å². The average Bonchev–Trinajstić information content (AvgIpc) is 3.05. The molecule has 1 aliphatic rings. The van der Waals surface area contributed by atoms with Gasteiger partial charge in [-0.1, -0.05) is 0 Å². The molecule has 5 heteroatoms. The molecule has 1 fully saturated rings. The van der Waals surface area contributed by atoms with Crippen molar-refractivity contribution in [2.75, 3.05) is 18.1 Å². The van der Waals surface area contributed by atoms with Crippen LogP contribution in [0.5, 0.6) is 5.88 Å². The maximum atomic E-state index is 5.61. The van der Waals surface area contributed by atoms with Gasteiger partial charge < -0.3 is 10.1 Å². The highest BCUT2D eigenvalue weighted by molar-refractivity contribution is 8.00. The summed E-state index contributed by atoms with van der Waals surface area (Å²) in [6.07, 6.45) is 4.86. The molecule has 0 atom stereocenters. The van der Waals surface area contributed by atoms with Gasteiger partial charge in [-0.25, -0.2) is 4.98 Å². The zero-order valence-electron chi connectivity index (χ0n) is 11.5. The molecular formula is C13H21N3OS. The molecule has 2 rings (SSSR count).